The van der Waals surface area contributed by atoms with E-state index < -0.39 is 11.7 Å². The zero-order chi connectivity index (χ0) is 17.7. The highest BCUT2D eigenvalue weighted by Gasteiger charge is 2.16. The molecular weight excluding hydrogens is 308 g/mol. The highest BCUT2D eigenvalue weighted by atomic mass is 16.6. The Balaban J connectivity index is 1.82. The molecule has 1 aromatic carbocycles. The first-order chi connectivity index (χ1) is 11.3. The lowest BCUT2D eigenvalue weighted by atomic mass is 10.1. The summed E-state index contributed by atoms with van der Waals surface area (Å²) in [5, 5.41) is 2.72. The van der Waals surface area contributed by atoms with Crippen molar-refractivity contribution in [2.24, 2.45) is 5.73 Å². The molecule has 1 heterocycles. The van der Waals surface area contributed by atoms with Crippen LogP contribution in [0.1, 0.15) is 45.5 Å². The molecule has 1 amide bonds. The SMILES string of the molecule is COc1ccc2[nH]c([C@@H](N)CCCNC(=O)OC(C)(C)C)nc2c1. The smallest absolute Gasteiger partial charge is 0.407 e. The minimum atomic E-state index is -0.490. The average molecular weight is 334 g/mol. The van der Waals surface area contributed by atoms with Crippen LogP contribution in [0.25, 0.3) is 11.0 Å². The van der Waals surface area contributed by atoms with Gasteiger partial charge in [0.05, 0.1) is 24.2 Å². The largest absolute Gasteiger partial charge is 0.497 e. The number of amides is 1. The Hall–Kier alpha value is -2.28. The van der Waals surface area contributed by atoms with E-state index in [1.807, 2.05) is 39.0 Å². The second kappa shape index (κ2) is 7.53. The monoisotopic (exact) mass is 334 g/mol. The van der Waals surface area contributed by atoms with Gasteiger partial charge in [-0.3, -0.25) is 0 Å². The molecular formula is C17H26N4O3. The third-order valence-corrected chi connectivity index (χ3v) is 3.42. The van der Waals surface area contributed by atoms with Crippen LogP contribution in [0, 0.1) is 0 Å². The van der Waals surface area contributed by atoms with Crippen molar-refractivity contribution in [3.05, 3.63) is 24.0 Å². The Labute approximate surface area is 141 Å². The number of imidazole rings is 1. The quantitative estimate of drug-likeness (QED) is 0.705. The number of carbonyl (C=O) groups excluding carboxylic acids is 1. The summed E-state index contributed by atoms with van der Waals surface area (Å²) in [7, 11) is 1.62. The molecule has 0 spiro atoms. The Morgan fingerprint density at radius 1 is 1.42 bits per heavy atom. The van der Waals surface area contributed by atoms with Crippen molar-refractivity contribution in [1.82, 2.24) is 15.3 Å². The molecule has 0 unspecified atom stereocenters. The fourth-order valence-corrected chi connectivity index (χ4v) is 2.27. The van der Waals surface area contributed by atoms with Gasteiger partial charge in [0.15, 0.2) is 0 Å². The summed E-state index contributed by atoms with van der Waals surface area (Å²) in [4.78, 5) is 19.3. The van der Waals surface area contributed by atoms with Crippen LogP contribution in [0.15, 0.2) is 18.2 Å². The maximum Gasteiger partial charge on any atom is 0.407 e. The Bertz CT molecular complexity index is 691. The Kier molecular flexibility index (Phi) is 5.66. The van der Waals surface area contributed by atoms with Crippen molar-refractivity contribution in [3.8, 4) is 5.75 Å². The van der Waals surface area contributed by atoms with Crippen molar-refractivity contribution in [3.63, 3.8) is 0 Å². The number of rotatable bonds is 6. The van der Waals surface area contributed by atoms with Crippen LogP contribution in [-0.4, -0.2) is 35.3 Å². The van der Waals surface area contributed by atoms with E-state index >= 15 is 0 Å². The number of aromatic amines is 1. The zero-order valence-corrected chi connectivity index (χ0v) is 14.7. The van der Waals surface area contributed by atoms with Crippen molar-refractivity contribution in [2.45, 2.75) is 45.3 Å². The molecule has 0 bridgehead atoms. The maximum absolute atomic E-state index is 11.6. The number of aromatic nitrogens is 2. The van der Waals surface area contributed by atoms with Gasteiger partial charge < -0.3 is 25.5 Å². The Morgan fingerprint density at radius 2 is 2.17 bits per heavy atom. The van der Waals surface area contributed by atoms with Crippen molar-refractivity contribution in [2.75, 3.05) is 13.7 Å². The van der Waals surface area contributed by atoms with E-state index in [1.165, 1.54) is 0 Å². The molecule has 4 N–H and O–H groups in total. The second-order valence-electron chi connectivity index (χ2n) is 6.68. The molecule has 132 valence electrons. The highest BCUT2D eigenvalue weighted by molar-refractivity contribution is 5.76. The van der Waals surface area contributed by atoms with Crippen LogP contribution in [-0.2, 0) is 4.74 Å². The number of ether oxygens (including phenoxy) is 2. The first-order valence-corrected chi connectivity index (χ1v) is 8.04. The van der Waals surface area contributed by atoms with Crippen LogP contribution >= 0.6 is 0 Å². The first-order valence-electron chi connectivity index (χ1n) is 8.04. The van der Waals surface area contributed by atoms with E-state index in [0.717, 1.165) is 29.0 Å². The molecule has 1 atom stereocenters. The molecule has 0 saturated heterocycles. The number of hydrogen-bond acceptors (Lipinski definition) is 5. The summed E-state index contributed by atoms with van der Waals surface area (Å²) in [5.41, 5.74) is 7.44. The molecule has 0 saturated carbocycles. The van der Waals surface area contributed by atoms with Crippen LogP contribution in [0.4, 0.5) is 4.79 Å². The summed E-state index contributed by atoms with van der Waals surface area (Å²) in [6.07, 6.45) is 1.03. The minimum absolute atomic E-state index is 0.219. The number of benzene rings is 1. The van der Waals surface area contributed by atoms with E-state index in [1.54, 1.807) is 7.11 Å². The number of nitrogens with zero attached hydrogens (tertiary/aromatic N) is 1. The normalized spacial score (nSPS) is 12.9. The number of carbonyl (C=O) groups is 1. The number of alkyl carbamates (subject to hydrolysis) is 1. The van der Waals surface area contributed by atoms with Gasteiger partial charge in [0.25, 0.3) is 0 Å². The lowest BCUT2D eigenvalue weighted by molar-refractivity contribution is 0.0526. The standard InChI is InChI=1S/C17H26N4O3/c1-17(2,3)24-16(22)19-9-5-6-12(18)15-20-13-8-7-11(23-4)10-14(13)21-15/h7-8,10,12H,5-6,9,18H2,1-4H3,(H,19,22)(H,20,21)/t12-/m0/s1. The second-order valence-corrected chi connectivity index (χ2v) is 6.68. The molecule has 0 fully saturated rings. The van der Waals surface area contributed by atoms with Gasteiger partial charge in [-0.05, 0) is 45.7 Å². The van der Waals surface area contributed by atoms with Gasteiger partial charge in [-0.1, -0.05) is 0 Å². The number of hydrogen-bond donors (Lipinski definition) is 3. The van der Waals surface area contributed by atoms with Gasteiger partial charge >= 0.3 is 6.09 Å². The van der Waals surface area contributed by atoms with E-state index in [0.29, 0.717) is 13.0 Å². The van der Waals surface area contributed by atoms with Gasteiger partial charge in [0.2, 0.25) is 0 Å². The third kappa shape index (κ3) is 5.13. The number of fused-ring (bicyclic) bond motifs is 1. The van der Waals surface area contributed by atoms with Crippen LogP contribution in [0.2, 0.25) is 0 Å². The molecule has 0 aliphatic carbocycles. The summed E-state index contributed by atoms with van der Waals surface area (Å²) >= 11 is 0. The number of methoxy groups -OCH3 is 1. The molecule has 2 rings (SSSR count). The molecule has 0 aliphatic rings. The van der Waals surface area contributed by atoms with E-state index in [2.05, 4.69) is 15.3 Å². The van der Waals surface area contributed by atoms with Gasteiger partial charge in [-0.25, -0.2) is 9.78 Å². The molecule has 7 heteroatoms. The predicted octanol–water partition coefficient (Wildman–Crippen LogP) is 2.88. The molecule has 24 heavy (non-hydrogen) atoms. The number of nitrogens with two attached hydrogens (primary N) is 1. The summed E-state index contributed by atoms with van der Waals surface area (Å²) < 4.78 is 10.4. The summed E-state index contributed by atoms with van der Waals surface area (Å²) in [5.74, 6) is 1.49. The van der Waals surface area contributed by atoms with Crippen molar-refractivity contribution >= 4 is 17.1 Å². The van der Waals surface area contributed by atoms with Gasteiger partial charge in [-0.2, -0.15) is 0 Å². The van der Waals surface area contributed by atoms with Gasteiger partial charge in [0, 0.05) is 12.6 Å². The molecule has 1 aromatic heterocycles. The number of nitrogens with one attached hydrogen (secondary N) is 2. The predicted molar refractivity (Wildman–Crippen MR) is 93.0 cm³/mol. The third-order valence-electron chi connectivity index (χ3n) is 3.42. The van der Waals surface area contributed by atoms with Crippen molar-refractivity contribution in [1.29, 1.82) is 0 Å². The van der Waals surface area contributed by atoms with Gasteiger partial charge in [0.1, 0.15) is 17.2 Å². The molecule has 2 aromatic rings. The number of H-pyrrole nitrogens is 1. The average Bonchev–Trinajstić information content (AvgIpc) is 2.92. The van der Waals surface area contributed by atoms with Crippen LogP contribution in [0.3, 0.4) is 0 Å². The first kappa shape index (κ1) is 18.1. The lowest BCUT2D eigenvalue weighted by Crippen LogP contribution is -2.33. The van der Waals surface area contributed by atoms with Crippen LogP contribution in [0.5, 0.6) is 5.75 Å². The van der Waals surface area contributed by atoms with Crippen molar-refractivity contribution < 1.29 is 14.3 Å². The van der Waals surface area contributed by atoms with E-state index in [-0.39, 0.29) is 6.04 Å². The summed E-state index contributed by atoms with van der Waals surface area (Å²) in [6, 6.07) is 5.44. The van der Waals surface area contributed by atoms with E-state index in [4.69, 9.17) is 15.2 Å². The fourth-order valence-electron chi connectivity index (χ4n) is 2.27. The minimum Gasteiger partial charge on any atom is -0.497 e. The van der Waals surface area contributed by atoms with E-state index in [9.17, 15) is 4.79 Å². The fraction of sp³-hybridized carbons (Fsp3) is 0.529. The van der Waals surface area contributed by atoms with Crippen LogP contribution < -0.4 is 15.8 Å². The molecule has 7 nitrogen and oxygen atoms in total. The Morgan fingerprint density at radius 3 is 2.83 bits per heavy atom. The highest BCUT2D eigenvalue weighted by Crippen LogP contribution is 2.21. The zero-order valence-electron chi connectivity index (χ0n) is 14.7. The topological polar surface area (TPSA) is 102 Å². The maximum atomic E-state index is 11.6. The molecule has 0 radical (unpaired) electrons. The lowest BCUT2D eigenvalue weighted by Gasteiger charge is -2.19. The summed E-state index contributed by atoms with van der Waals surface area (Å²) in [6.45, 7) is 6.01. The molecule has 0 aliphatic heterocycles. The van der Waals surface area contributed by atoms with Gasteiger partial charge in [-0.15, -0.1) is 0 Å².